The second kappa shape index (κ2) is 5.27. The molecule has 0 amide bonds. The Morgan fingerprint density at radius 3 is 2.61 bits per heavy atom. The lowest BCUT2D eigenvalue weighted by molar-refractivity contribution is 0.832. The van der Waals surface area contributed by atoms with E-state index in [1.54, 1.807) is 6.20 Å². The first-order chi connectivity index (χ1) is 8.84. The quantitative estimate of drug-likeness (QED) is 0.711. The predicted octanol–water partition coefficient (Wildman–Crippen LogP) is 2.13. The van der Waals surface area contributed by atoms with E-state index in [9.17, 15) is 4.79 Å². The summed E-state index contributed by atoms with van der Waals surface area (Å²) in [5.41, 5.74) is 1.89. The fourth-order valence-electron chi connectivity index (χ4n) is 1.57. The number of benzene rings is 1. The van der Waals surface area contributed by atoms with Crippen molar-refractivity contribution in [1.82, 2.24) is 20.0 Å². The van der Waals surface area contributed by atoms with Gasteiger partial charge in [-0.1, -0.05) is 32.0 Å². The Bertz CT molecular complexity index is 685. The SMILES string of the molecule is CC.O=c1cc2[nH]ncc2nn1-c1ccccc1. The molecule has 5 heteroatoms. The van der Waals surface area contributed by atoms with E-state index in [-0.39, 0.29) is 5.56 Å². The number of para-hydroxylation sites is 1. The molecular weight excluding hydrogens is 228 g/mol. The van der Waals surface area contributed by atoms with E-state index in [1.807, 2.05) is 44.2 Å². The minimum absolute atomic E-state index is 0.178. The van der Waals surface area contributed by atoms with Crippen LogP contribution in [0.15, 0.2) is 47.4 Å². The van der Waals surface area contributed by atoms with Crippen LogP contribution in [0, 0.1) is 0 Å². The minimum atomic E-state index is -0.178. The molecule has 18 heavy (non-hydrogen) atoms. The van der Waals surface area contributed by atoms with Crippen LogP contribution in [0.4, 0.5) is 0 Å². The zero-order valence-electron chi connectivity index (χ0n) is 10.3. The molecule has 0 unspecified atom stereocenters. The smallest absolute Gasteiger partial charge is 0.273 e. The summed E-state index contributed by atoms with van der Waals surface area (Å²) in [6.45, 7) is 4.00. The van der Waals surface area contributed by atoms with Gasteiger partial charge in [0.2, 0.25) is 0 Å². The maximum Gasteiger partial charge on any atom is 0.273 e. The summed E-state index contributed by atoms with van der Waals surface area (Å²) in [5.74, 6) is 0. The van der Waals surface area contributed by atoms with Crippen molar-refractivity contribution in [3.8, 4) is 5.69 Å². The monoisotopic (exact) mass is 242 g/mol. The Morgan fingerprint density at radius 2 is 1.89 bits per heavy atom. The second-order valence-corrected chi connectivity index (χ2v) is 3.40. The summed E-state index contributed by atoms with van der Waals surface area (Å²) in [6.07, 6.45) is 1.59. The van der Waals surface area contributed by atoms with Crippen molar-refractivity contribution >= 4 is 11.0 Å². The van der Waals surface area contributed by atoms with Crippen LogP contribution >= 0.6 is 0 Å². The zero-order valence-corrected chi connectivity index (χ0v) is 10.3. The molecule has 0 radical (unpaired) electrons. The molecule has 0 saturated heterocycles. The van der Waals surface area contributed by atoms with Crippen molar-refractivity contribution in [3.63, 3.8) is 0 Å². The average Bonchev–Trinajstić information content (AvgIpc) is 2.88. The topological polar surface area (TPSA) is 63.6 Å². The van der Waals surface area contributed by atoms with Crippen LogP contribution in [-0.4, -0.2) is 20.0 Å². The highest BCUT2D eigenvalue weighted by Crippen LogP contribution is 2.06. The van der Waals surface area contributed by atoms with Gasteiger partial charge in [-0.3, -0.25) is 9.89 Å². The van der Waals surface area contributed by atoms with Crippen LogP contribution in [0.1, 0.15) is 13.8 Å². The Morgan fingerprint density at radius 1 is 1.17 bits per heavy atom. The second-order valence-electron chi connectivity index (χ2n) is 3.40. The Labute approximate surface area is 104 Å². The highest BCUT2D eigenvalue weighted by Gasteiger charge is 2.04. The van der Waals surface area contributed by atoms with Crippen molar-refractivity contribution in [2.45, 2.75) is 13.8 Å². The summed E-state index contributed by atoms with van der Waals surface area (Å²) in [5, 5.41) is 10.8. The van der Waals surface area contributed by atoms with Crippen molar-refractivity contribution < 1.29 is 0 Å². The maximum absolute atomic E-state index is 11.8. The molecule has 3 aromatic rings. The number of aromatic nitrogens is 4. The van der Waals surface area contributed by atoms with Gasteiger partial charge in [0.25, 0.3) is 5.56 Å². The molecule has 0 atom stereocenters. The largest absolute Gasteiger partial charge is 0.276 e. The van der Waals surface area contributed by atoms with Crippen LogP contribution in [0.25, 0.3) is 16.7 Å². The van der Waals surface area contributed by atoms with Gasteiger partial charge in [0, 0.05) is 6.07 Å². The lowest BCUT2D eigenvalue weighted by Gasteiger charge is -2.02. The van der Waals surface area contributed by atoms with E-state index < -0.39 is 0 Å². The normalized spacial score (nSPS) is 9.89. The highest BCUT2D eigenvalue weighted by atomic mass is 16.1. The van der Waals surface area contributed by atoms with Gasteiger partial charge in [-0.2, -0.15) is 14.9 Å². The first-order valence-electron chi connectivity index (χ1n) is 5.83. The first kappa shape index (κ1) is 12.0. The minimum Gasteiger partial charge on any atom is -0.276 e. The molecule has 2 aromatic heterocycles. The van der Waals surface area contributed by atoms with Crippen molar-refractivity contribution in [2.24, 2.45) is 0 Å². The van der Waals surface area contributed by atoms with Crippen LogP contribution in [-0.2, 0) is 0 Å². The van der Waals surface area contributed by atoms with Crippen LogP contribution < -0.4 is 5.56 Å². The summed E-state index contributed by atoms with van der Waals surface area (Å²) in [4.78, 5) is 11.8. The number of nitrogens with one attached hydrogen (secondary N) is 1. The number of aromatic amines is 1. The molecule has 0 bridgehead atoms. The standard InChI is InChI=1S/C11H8N4O.C2H6/c16-11-6-9-10(7-12-13-9)14-15(11)8-4-2-1-3-5-8;1-2/h1-7,13H;1-2H3. The van der Waals surface area contributed by atoms with E-state index in [0.717, 1.165) is 5.69 Å². The summed E-state index contributed by atoms with van der Waals surface area (Å²) < 4.78 is 1.36. The number of nitrogens with zero attached hydrogens (tertiary/aromatic N) is 3. The number of rotatable bonds is 1. The van der Waals surface area contributed by atoms with Gasteiger partial charge in [-0.25, -0.2) is 0 Å². The van der Waals surface area contributed by atoms with Crippen LogP contribution in [0.3, 0.4) is 0 Å². The van der Waals surface area contributed by atoms with Gasteiger partial charge in [-0.05, 0) is 12.1 Å². The molecule has 92 valence electrons. The van der Waals surface area contributed by atoms with E-state index in [0.29, 0.717) is 11.0 Å². The lowest BCUT2D eigenvalue weighted by atomic mass is 10.3. The Balaban J connectivity index is 0.000000574. The number of hydrogen-bond acceptors (Lipinski definition) is 3. The van der Waals surface area contributed by atoms with Gasteiger partial charge in [0.15, 0.2) is 0 Å². The Kier molecular flexibility index (Phi) is 3.52. The first-order valence-corrected chi connectivity index (χ1v) is 5.83. The molecule has 0 aliphatic carbocycles. The van der Waals surface area contributed by atoms with Crippen LogP contribution in [0.2, 0.25) is 0 Å². The van der Waals surface area contributed by atoms with Gasteiger partial charge in [-0.15, -0.1) is 0 Å². The third-order valence-corrected chi connectivity index (χ3v) is 2.33. The lowest BCUT2D eigenvalue weighted by Crippen LogP contribution is -2.19. The molecule has 2 heterocycles. The molecule has 1 N–H and O–H groups in total. The molecule has 0 aliphatic rings. The fraction of sp³-hybridized carbons (Fsp3) is 0.154. The van der Waals surface area contributed by atoms with Gasteiger partial charge < -0.3 is 0 Å². The molecule has 0 fully saturated rings. The maximum atomic E-state index is 11.8. The zero-order chi connectivity index (χ0) is 13.0. The summed E-state index contributed by atoms with van der Waals surface area (Å²) in [6, 6.07) is 10.8. The molecule has 5 nitrogen and oxygen atoms in total. The summed E-state index contributed by atoms with van der Waals surface area (Å²) >= 11 is 0. The molecule has 3 rings (SSSR count). The third-order valence-electron chi connectivity index (χ3n) is 2.33. The van der Waals surface area contributed by atoms with Crippen molar-refractivity contribution in [2.75, 3.05) is 0 Å². The molecule has 1 aromatic carbocycles. The van der Waals surface area contributed by atoms with E-state index >= 15 is 0 Å². The van der Waals surface area contributed by atoms with Gasteiger partial charge >= 0.3 is 0 Å². The molecule has 0 aliphatic heterocycles. The molecule has 0 spiro atoms. The van der Waals surface area contributed by atoms with E-state index in [1.165, 1.54) is 10.7 Å². The fourth-order valence-corrected chi connectivity index (χ4v) is 1.57. The highest BCUT2D eigenvalue weighted by molar-refractivity contribution is 5.72. The summed E-state index contributed by atoms with van der Waals surface area (Å²) in [7, 11) is 0. The Hall–Kier alpha value is -2.43. The molecule has 0 saturated carbocycles. The number of fused-ring (bicyclic) bond motifs is 1. The van der Waals surface area contributed by atoms with Crippen LogP contribution in [0.5, 0.6) is 0 Å². The van der Waals surface area contributed by atoms with E-state index in [4.69, 9.17) is 0 Å². The van der Waals surface area contributed by atoms with Gasteiger partial charge in [0.1, 0.15) is 5.52 Å². The third kappa shape index (κ3) is 2.15. The average molecular weight is 242 g/mol. The predicted molar refractivity (Wildman–Crippen MR) is 70.8 cm³/mol. The van der Waals surface area contributed by atoms with Gasteiger partial charge in [0.05, 0.1) is 17.4 Å². The van der Waals surface area contributed by atoms with Crippen molar-refractivity contribution in [3.05, 3.63) is 52.9 Å². The molecular formula is C13H14N4O. The number of H-pyrrole nitrogens is 1. The van der Waals surface area contributed by atoms with Crippen molar-refractivity contribution in [1.29, 1.82) is 0 Å². The number of hydrogen-bond donors (Lipinski definition) is 1. The van der Waals surface area contributed by atoms with E-state index in [2.05, 4.69) is 15.3 Å².